The SMILES string of the molecule is Cc1ccccc1NC(=O)CSC1=C(C#N)C(c2ccc(OCc3ccccc3)cc2)C2=C(CCCC2=O)N1. The molecule has 7 heteroatoms. The average molecular weight is 536 g/mol. The fraction of sp³-hybridized carbons (Fsp3) is 0.219. The van der Waals surface area contributed by atoms with Gasteiger partial charge >= 0.3 is 0 Å². The Labute approximate surface area is 232 Å². The van der Waals surface area contributed by atoms with Crippen LogP contribution >= 0.6 is 11.8 Å². The third-order valence-electron chi connectivity index (χ3n) is 6.89. The summed E-state index contributed by atoms with van der Waals surface area (Å²) < 4.78 is 5.94. The highest BCUT2D eigenvalue weighted by Gasteiger charge is 2.37. The molecule has 1 aliphatic carbocycles. The fourth-order valence-corrected chi connectivity index (χ4v) is 5.77. The standard InChI is InChI=1S/C32H29N3O3S/c1-21-8-5-6-11-26(21)34-29(37)20-39-32-25(18-33)30(31-27(35-32)12-7-13-28(31)36)23-14-16-24(17-15-23)38-19-22-9-3-2-4-10-22/h2-6,8-11,14-17,30,35H,7,12-13,19-20H2,1H3,(H,34,37). The van der Waals surface area contributed by atoms with Gasteiger partial charge in [-0.3, -0.25) is 9.59 Å². The molecule has 1 amide bonds. The number of carbonyl (C=O) groups is 2. The third kappa shape index (κ3) is 6.08. The van der Waals surface area contributed by atoms with Gasteiger partial charge in [0.25, 0.3) is 0 Å². The number of amides is 1. The van der Waals surface area contributed by atoms with Gasteiger partial charge in [0, 0.05) is 23.4 Å². The van der Waals surface area contributed by atoms with Crippen molar-refractivity contribution in [3.8, 4) is 11.8 Å². The highest BCUT2D eigenvalue weighted by atomic mass is 32.2. The molecular formula is C32H29N3O3S. The zero-order valence-corrected chi connectivity index (χ0v) is 22.5. The number of para-hydroxylation sites is 1. The van der Waals surface area contributed by atoms with Gasteiger partial charge in [0.05, 0.1) is 28.3 Å². The minimum atomic E-state index is -0.482. The number of thioether (sulfide) groups is 1. The van der Waals surface area contributed by atoms with Gasteiger partial charge in [-0.25, -0.2) is 0 Å². The minimum absolute atomic E-state index is 0.0623. The van der Waals surface area contributed by atoms with Crippen molar-refractivity contribution < 1.29 is 14.3 Å². The van der Waals surface area contributed by atoms with Crippen LogP contribution in [0.25, 0.3) is 0 Å². The largest absolute Gasteiger partial charge is 0.489 e. The highest BCUT2D eigenvalue weighted by molar-refractivity contribution is 8.03. The van der Waals surface area contributed by atoms with Crippen LogP contribution in [0.1, 0.15) is 41.9 Å². The first-order chi connectivity index (χ1) is 19.0. The lowest BCUT2D eigenvalue weighted by atomic mass is 9.77. The molecular weight excluding hydrogens is 506 g/mol. The Hall–Kier alpha value is -4.28. The molecule has 1 heterocycles. The molecule has 5 rings (SSSR count). The van der Waals surface area contributed by atoms with Crippen molar-refractivity contribution >= 4 is 29.1 Å². The van der Waals surface area contributed by atoms with Gasteiger partial charge in [-0.1, -0.05) is 72.4 Å². The van der Waals surface area contributed by atoms with E-state index in [0.29, 0.717) is 35.0 Å². The summed E-state index contributed by atoms with van der Waals surface area (Å²) >= 11 is 1.29. The maximum absolute atomic E-state index is 13.1. The molecule has 0 saturated heterocycles. The summed E-state index contributed by atoms with van der Waals surface area (Å²) in [5, 5.41) is 17.2. The highest BCUT2D eigenvalue weighted by Crippen LogP contribution is 2.44. The number of benzene rings is 3. The molecule has 2 N–H and O–H groups in total. The van der Waals surface area contributed by atoms with Crippen molar-refractivity contribution in [1.29, 1.82) is 5.26 Å². The fourth-order valence-electron chi connectivity index (χ4n) is 4.91. The van der Waals surface area contributed by atoms with Crippen LogP contribution in [0.4, 0.5) is 5.69 Å². The summed E-state index contributed by atoms with van der Waals surface area (Å²) in [6, 6.07) is 27.5. The molecule has 1 unspecified atom stereocenters. The van der Waals surface area contributed by atoms with Gasteiger partial charge in [-0.15, -0.1) is 0 Å². The number of allylic oxidation sites excluding steroid dienone is 3. The second-order valence-corrected chi connectivity index (χ2v) is 10.6. The number of hydrogen-bond donors (Lipinski definition) is 2. The van der Waals surface area contributed by atoms with Gasteiger partial charge in [0.1, 0.15) is 12.4 Å². The second-order valence-electron chi connectivity index (χ2n) is 9.58. The van der Waals surface area contributed by atoms with Gasteiger partial charge < -0.3 is 15.4 Å². The number of dihydropyridines is 1. The Kier molecular flexibility index (Phi) is 8.14. The van der Waals surface area contributed by atoms with Crippen LogP contribution in [0.2, 0.25) is 0 Å². The van der Waals surface area contributed by atoms with E-state index < -0.39 is 5.92 Å². The number of nitriles is 1. The molecule has 0 fully saturated rings. The summed E-state index contributed by atoms with van der Waals surface area (Å²) in [7, 11) is 0. The smallest absolute Gasteiger partial charge is 0.234 e. The van der Waals surface area contributed by atoms with Gasteiger partial charge in [0.2, 0.25) is 5.91 Å². The Morgan fingerprint density at radius 2 is 1.79 bits per heavy atom. The lowest BCUT2D eigenvalue weighted by Gasteiger charge is -2.33. The molecule has 0 bridgehead atoms. The zero-order valence-electron chi connectivity index (χ0n) is 21.7. The van der Waals surface area contributed by atoms with E-state index in [0.717, 1.165) is 40.9 Å². The van der Waals surface area contributed by atoms with E-state index >= 15 is 0 Å². The van der Waals surface area contributed by atoms with Crippen LogP contribution in [0.5, 0.6) is 5.75 Å². The Morgan fingerprint density at radius 3 is 2.54 bits per heavy atom. The molecule has 196 valence electrons. The molecule has 1 atom stereocenters. The molecule has 3 aromatic carbocycles. The van der Waals surface area contributed by atoms with Crippen molar-refractivity contribution in [2.45, 2.75) is 38.7 Å². The number of nitrogens with one attached hydrogen (secondary N) is 2. The predicted octanol–water partition coefficient (Wildman–Crippen LogP) is 6.38. The van der Waals surface area contributed by atoms with E-state index in [2.05, 4.69) is 16.7 Å². The van der Waals surface area contributed by atoms with Crippen LogP contribution in [-0.2, 0) is 16.2 Å². The number of ether oxygens (including phenoxy) is 1. The van der Waals surface area contributed by atoms with E-state index in [-0.39, 0.29) is 17.4 Å². The van der Waals surface area contributed by atoms with Crippen molar-refractivity contribution in [3.63, 3.8) is 0 Å². The van der Waals surface area contributed by atoms with Crippen LogP contribution in [0.15, 0.2) is 101 Å². The van der Waals surface area contributed by atoms with E-state index in [9.17, 15) is 14.9 Å². The van der Waals surface area contributed by atoms with Crippen molar-refractivity contribution in [2.75, 3.05) is 11.1 Å². The number of ketones is 1. The molecule has 0 spiro atoms. The van der Waals surface area contributed by atoms with Crippen molar-refractivity contribution in [3.05, 3.63) is 117 Å². The van der Waals surface area contributed by atoms with E-state index in [1.165, 1.54) is 11.8 Å². The monoisotopic (exact) mass is 535 g/mol. The van der Waals surface area contributed by atoms with Gasteiger partial charge in [0.15, 0.2) is 5.78 Å². The summed E-state index contributed by atoms with van der Waals surface area (Å²) in [4.78, 5) is 25.8. The number of nitrogens with zero attached hydrogens (tertiary/aromatic N) is 1. The lowest BCUT2D eigenvalue weighted by molar-refractivity contribution is -0.116. The Balaban J connectivity index is 1.37. The van der Waals surface area contributed by atoms with Crippen LogP contribution in [0.3, 0.4) is 0 Å². The van der Waals surface area contributed by atoms with Gasteiger partial charge in [-0.05, 0) is 54.7 Å². The number of anilines is 1. The first kappa shape index (κ1) is 26.3. The Morgan fingerprint density at radius 1 is 1.05 bits per heavy atom. The molecule has 0 saturated carbocycles. The normalized spacial score (nSPS) is 16.7. The molecule has 6 nitrogen and oxygen atoms in total. The molecule has 39 heavy (non-hydrogen) atoms. The lowest BCUT2D eigenvalue weighted by Crippen LogP contribution is -2.31. The number of Topliss-reactive ketones (excluding diaryl/α,β-unsaturated/α-hetero) is 1. The summed E-state index contributed by atoms with van der Waals surface area (Å²) in [5.41, 5.74) is 5.64. The minimum Gasteiger partial charge on any atom is -0.489 e. The molecule has 0 radical (unpaired) electrons. The number of hydrogen-bond acceptors (Lipinski definition) is 6. The number of carbonyl (C=O) groups excluding carboxylic acids is 2. The zero-order chi connectivity index (χ0) is 27.2. The van der Waals surface area contributed by atoms with Gasteiger partial charge in [-0.2, -0.15) is 5.26 Å². The topological polar surface area (TPSA) is 91.2 Å². The molecule has 3 aromatic rings. The average Bonchev–Trinajstić information content (AvgIpc) is 2.96. The van der Waals surface area contributed by atoms with Crippen LogP contribution in [-0.4, -0.2) is 17.4 Å². The van der Waals surface area contributed by atoms with E-state index in [4.69, 9.17) is 4.74 Å². The predicted molar refractivity (Wildman–Crippen MR) is 154 cm³/mol. The summed E-state index contributed by atoms with van der Waals surface area (Å²) in [5.74, 6) is 0.274. The molecule has 1 aliphatic heterocycles. The Bertz CT molecular complexity index is 1490. The first-order valence-electron chi connectivity index (χ1n) is 13.0. The van der Waals surface area contributed by atoms with Crippen molar-refractivity contribution in [2.24, 2.45) is 0 Å². The first-order valence-corrected chi connectivity index (χ1v) is 13.9. The molecule has 0 aromatic heterocycles. The summed E-state index contributed by atoms with van der Waals surface area (Å²) in [6.07, 6.45) is 1.96. The van der Waals surface area contributed by atoms with Crippen LogP contribution in [0, 0.1) is 18.3 Å². The quantitative estimate of drug-likeness (QED) is 0.348. The second kappa shape index (κ2) is 12.1. The van der Waals surface area contributed by atoms with Crippen molar-refractivity contribution in [1.82, 2.24) is 5.32 Å². The maximum Gasteiger partial charge on any atom is 0.234 e. The maximum atomic E-state index is 13.1. The summed E-state index contributed by atoms with van der Waals surface area (Å²) in [6.45, 7) is 2.40. The number of aryl methyl sites for hydroxylation is 1. The molecule has 2 aliphatic rings. The number of rotatable bonds is 8. The van der Waals surface area contributed by atoms with E-state index in [1.54, 1.807) is 0 Å². The third-order valence-corrected chi connectivity index (χ3v) is 7.91. The van der Waals surface area contributed by atoms with Crippen LogP contribution < -0.4 is 15.4 Å². The van der Waals surface area contributed by atoms with E-state index in [1.807, 2.05) is 85.8 Å².